The van der Waals surface area contributed by atoms with Crippen LogP contribution in [0.25, 0.3) is 0 Å². The molecule has 0 unspecified atom stereocenters. The zero-order valence-electron chi connectivity index (χ0n) is 9.16. The maximum atomic E-state index is 13.5. The number of benzene rings is 1. The molecule has 2 N–H and O–H groups in total. The van der Waals surface area contributed by atoms with Crippen LogP contribution < -0.4 is 5.90 Å². The lowest BCUT2D eigenvalue weighted by Crippen LogP contribution is -2.12. The van der Waals surface area contributed by atoms with Gasteiger partial charge in [-0.2, -0.15) is 0 Å². The zero-order valence-corrected chi connectivity index (χ0v) is 9.16. The molecule has 0 fully saturated rings. The summed E-state index contributed by atoms with van der Waals surface area (Å²) >= 11 is 0. The molecule has 84 valence electrons. The molecule has 4 heteroatoms. The van der Waals surface area contributed by atoms with Crippen molar-refractivity contribution < 1.29 is 9.23 Å². The predicted octanol–water partition coefficient (Wildman–Crippen LogP) is 1.32. The van der Waals surface area contributed by atoms with E-state index in [1.165, 1.54) is 6.07 Å². The van der Waals surface area contributed by atoms with Crippen molar-refractivity contribution in [3.63, 3.8) is 0 Å². The van der Waals surface area contributed by atoms with Gasteiger partial charge in [-0.1, -0.05) is 12.1 Å². The van der Waals surface area contributed by atoms with Crippen molar-refractivity contribution in [3.05, 3.63) is 35.1 Å². The van der Waals surface area contributed by atoms with E-state index in [-0.39, 0.29) is 5.82 Å². The van der Waals surface area contributed by atoms with E-state index in [4.69, 9.17) is 5.90 Å². The SMILES string of the molecule is CN(C)Cc1ccc(CCON)cc1F. The van der Waals surface area contributed by atoms with Gasteiger partial charge in [-0.15, -0.1) is 0 Å². The van der Waals surface area contributed by atoms with Gasteiger partial charge < -0.3 is 9.74 Å². The summed E-state index contributed by atoms with van der Waals surface area (Å²) in [5, 5.41) is 0. The van der Waals surface area contributed by atoms with Crippen molar-refractivity contribution in [2.45, 2.75) is 13.0 Å². The summed E-state index contributed by atoms with van der Waals surface area (Å²) < 4.78 is 13.5. The van der Waals surface area contributed by atoms with Crippen molar-refractivity contribution >= 4 is 0 Å². The van der Waals surface area contributed by atoms with E-state index >= 15 is 0 Å². The van der Waals surface area contributed by atoms with E-state index in [0.717, 1.165) is 5.56 Å². The Hall–Kier alpha value is -0.970. The zero-order chi connectivity index (χ0) is 11.3. The van der Waals surface area contributed by atoms with Gasteiger partial charge in [0.2, 0.25) is 0 Å². The molecule has 0 amide bonds. The summed E-state index contributed by atoms with van der Waals surface area (Å²) in [4.78, 5) is 6.38. The first-order chi connectivity index (χ1) is 7.13. The van der Waals surface area contributed by atoms with Crippen LogP contribution in [-0.2, 0) is 17.8 Å². The van der Waals surface area contributed by atoms with Gasteiger partial charge in [0.1, 0.15) is 5.82 Å². The maximum Gasteiger partial charge on any atom is 0.127 e. The number of hydrogen-bond acceptors (Lipinski definition) is 3. The minimum atomic E-state index is -0.168. The van der Waals surface area contributed by atoms with Crippen LogP contribution in [0.15, 0.2) is 18.2 Å². The first-order valence-electron chi connectivity index (χ1n) is 4.87. The predicted molar refractivity (Wildman–Crippen MR) is 57.6 cm³/mol. The van der Waals surface area contributed by atoms with Crippen LogP contribution in [0.5, 0.6) is 0 Å². The van der Waals surface area contributed by atoms with Gasteiger partial charge >= 0.3 is 0 Å². The van der Waals surface area contributed by atoms with Gasteiger partial charge in [-0.3, -0.25) is 0 Å². The molecular weight excluding hydrogens is 195 g/mol. The summed E-state index contributed by atoms with van der Waals surface area (Å²) in [5.41, 5.74) is 1.61. The van der Waals surface area contributed by atoms with Gasteiger partial charge in [0.25, 0.3) is 0 Å². The first kappa shape index (κ1) is 12.1. The second-order valence-corrected chi connectivity index (χ2v) is 3.78. The van der Waals surface area contributed by atoms with Crippen molar-refractivity contribution in [2.24, 2.45) is 5.90 Å². The van der Waals surface area contributed by atoms with Crippen LogP contribution in [0, 0.1) is 5.82 Å². The van der Waals surface area contributed by atoms with E-state index in [9.17, 15) is 4.39 Å². The Kier molecular flexibility index (Phi) is 4.68. The molecule has 15 heavy (non-hydrogen) atoms. The lowest BCUT2D eigenvalue weighted by molar-refractivity contribution is 0.141. The average molecular weight is 212 g/mol. The van der Waals surface area contributed by atoms with E-state index in [2.05, 4.69) is 4.84 Å². The highest BCUT2D eigenvalue weighted by molar-refractivity contribution is 5.24. The fourth-order valence-corrected chi connectivity index (χ4v) is 1.39. The third kappa shape index (κ3) is 3.95. The lowest BCUT2D eigenvalue weighted by atomic mass is 10.1. The van der Waals surface area contributed by atoms with E-state index < -0.39 is 0 Å². The highest BCUT2D eigenvalue weighted by Gasteiger charge is 2.04. The summed E-state index contributed by atoms with van der Waals surface area (Å²) in [6, 6.07) is 5.25. The van der Waals surface area contributed by atoms with Crippen LogP contribution in [0.3, 0.4) is 0 Å². The number of rotatable bonds is 5. The van der Waals surface area contributed by atoms with Crippen molar-refractivity contribution in [3.8, 4) is 0 Å². The molecule has 1 aromatic carbocycles. The lowest BCUT2D eigenvalue weighted by Gasteiger charge is -2.11. The van der Waals surface area contributed by atoms with Crippen LogP contribution in [-0.4, -0.2) is 25.6 Å². The van der Waals surface area contributed by atoms with Crippen molar-refractivity contribution in [2.75, 3.05) is 20.7 Å². The summed E-state index contributed by atoms with van der Waals surface area (Å²) in [5.74, 6) is 4.74. The number of nitrogens with zero attached hydrogens (tertiary/aromatic N) is 1. The van der Waals surface area contributed by atoms with Gasteiger partial charge in [0, 0.05) is 12.1 Å². The highest BCUT2D eigenvalue weighted by atomic mass is 19.1. The molecule has 0 saturated carbocycles. The molecule has 0 atom stereocenters. The summed E-state index contributed by atoms with van der Waals surface area (Å²) in [6.45, 7) is 1.02. The Morgan fingerprint density at radius 3 is 2.67 bits per heavy atom. The first-order valence-corrected chi connectivity index (χ1v) is 4.87. The van der Waals surface area contributed by atoms with Gasteiger partial charge in [-0.05, 0) is 32.1 Å². The minimum absolute atomic E-state index is 0.168. The van der Waals surface area contributed by atoms with Gasteiger partial charge in [0.15, 0.2) is 0 Å². The van der Waals surface area contributed by atoms with Crippen LogP contribution >= 0.6 is 0 Å². The number of halogens is 1. The van der Waals surface area contributed by atoms with Gasteiger partial charge in [-0.25, -0.2) is 10.3 Å². The minimum Gasteiger partial charge on any atom is -0.305 e. The van der Waals surface area contributed by atoms with E-state index in [1.54, 1.807) is 6.07 Å². The standard InChI is InChI=1S/C11H17FN2O/c1-14(2)8-10-4-3-9(5-6-15-13)7-11(10)12/h3-4,7H,5-6,8,13H2,1-2H3. The molecule has 0 aromatic heterocycles. The molecule has 0 saturated heterocycles. The Morgan fingerprint density at radius 1 is 1.40 bits per heavy atom. The number of hydrogen-bond donors (Lipinski definition) is 1. The number of nitrogens with two attached hydrogens (primary N) is 1. The maximum absolute atomic E-state index is 13.5. The molecule has 0 radical (unpaired) electrons. The molecule has 0 aliphatic rings. The fourth-order valence-electron chi connectivity index (χ4n) is 1.39. The molecule has 3 nitrogen and oxygen atoms in total. The van der Waals surface area contributed by atoms with E-state index in [0.29, 0.717) is 25.1 Å². The second kappa shape index (κ2) is 5.80. The molecule has 0 spiro atoms. The molecule has 0 aliphatic carbocycles. The Labute approximate surface area is 89.6 Å². The normalized spacial score (nSPS) is 11.0. The highest BCUT2D eigenvalue weighted by Crippen LogP contribution is 2.12. The van der Waals surface area contributed by atoms with Gasteiger partial charge in [0.05, 0.1) is 6.61 Å². The Bertz CT molecular complexity index is 315. The largest absolute Gasteiger partial charge is 0.305 e. The quantitative estimate of drug-likeness (QED) is 0.748. The topological polar surface area (TPSA) is 38.5 Å². The second-order valence-electron chi connectivity index (χ2n) is 3.78. The monoisotopic (exact) mass is 212 g/mol. The molecule has 0 aliphatic heterocycles. The molecule has 1 rings (SSSR count). The molecule has 0 bridgehead atoms. The van der Waals surface area contributed by atoms with Crippen LogP contribution in [0.1, 0.15) is 11.1 Å². The molecule has 0 heterocycles. The Morgan fingerprint density at radius 2 is 2.13 bits per heavy atom. The molecular formula is C11H17FN2O. The van der Waals surface area contributed by atoms with Crippen LogP contribution in [0.4, 0.5) is 4.39 Å². The average Bonchev–Trinajstić information content (AvgIpc) is 2.18. The van der Waals surface area contributed by atoms with Crippen LogP contribution in [0.2, 0.25) is 0 Å². The summed E-state index contributed by atoms with van der Waals surface area (Å²) in [6.07, 6.45) is 0.635. The third-order valence-electron chi connectivity index (χ3n) is 2.11. The van der Waals surface area contributed by atoms with E-state index in [1.807, 2.05) is 25.1 Å². The van der Waals surface area contributed by atoms with Crippen molar-refractivity contribution in [1.82, 2.24) is 4.90 Å². The van der Waals surface area contributed by atoms with Crippen molar-refractivity contribution in [1.29, 1.82) is 0 Å². The molecule has 1 aromatic rings. The summed E-state index contributed by atoms with van der Waals surface area (Å²) in [7, 11) is 3.82. The Balaban J connectivity index is 2.70. The smallest absolute Gasteiger partial charge is 0.127 e. The third-order valence-corrected chi connectivity index (χ3v) is 2.11. The fraction of sp³-hybridized carbons (Fsp3) is 0.455.